The Labute approximate surface area is 125 Å². The van der Waals surface area contributed by atoms with Crippen LogP contribution < -0.4 is 10.6 Å². The van der Waals surface area contributed by atoms with Crippen molar-refractivity contribution < 1.29 is 17.9 Å². The maximum Gasteiger partial charge on any atom is 0.417 e. The third-order valence-electron chi connectivity index (χ3n) is 3.98. The molecule has 114 valence electrons. The number of anilines is 1. The lowest BCUT2D eigenvalue weighted by Crippen LogP contribution is -2.42. The Kier molecular flexibility index (Phi) is 3.57. The molecule has 2 aliphatic heterocycles. The summed E-state index contributed by atoms with van der Waals surface area (Å²) in [6.07, 6.45) is -2.12. The molecule has 0 spiro atoms. The van der Waals surface area contributed by atoms with E-state index in [1.165, 1.54) is 12.1 Å². The van der Waals surface area contributed by atoms with Gasteiger partial charge in [0.2, 0.25) is 0 Å². The van der Waals surface area contributed by atoms with Gasteiger partial charge < -0.3 is 15.4 Å². The first kappa shape index (κ1) is 14.6. The van der Waals surface area contributed by atoms with Gasteiger partial charge in [-0.15, -0.1) is 0 Å². The van der Waals surface area contributed by atoms with E-state index < -0.39 is 11.7 Å². The van der Waals surface area contributed by atoms with Gasteiger partial charge in [-0.1, -0.05) is 12.2 Å². The van der Waals surface area contributed by atoms with Crippen LogP contribution in [0, 0.1) is 0 Å². The standard InChI is InChI=1S/C14H15F3N2OS/c15-14(16,17)12-4-1-8(5-11(12)13(18)21)19-6-9-2-3-10(7-19)20-9/h1,4-5,9-10H,2-3,6-7H2,(H2,18,21). The first-order valence-corrected chi connectivity index (χ1v) is 7.17. The Bertz CT molecular complexity index is 564. The molecule has 2 aliphatic rings. The average molecular weight is 316 g/mol. The number of fused-ring (bicyclic) bond motifs is 2. The summed E-state index contributed by atoms with van der Waals surface area (Å²) < 4.78 is 44.6. The summed E-state index contributed by atoms with van der Waals surface area (Å²) in [5, 5.41) is 0. The molecule has 2 unspecified atom stereocenters. The lowest BCUT2D eigenvalue weighted by Gasteiger charge is -2.34. The predicted molar refractivity (Wildman–Crippen MR) is 77.4 cm³/mol. The molecule has 21 heavy (non-hydrogen) atoms. The second-order valence-electron chi connectivity index (χ2n) is 5.45. The fraction of sp³-hybridized carbons (Fsp3) is 0.500. The molecule has 2 saturated heterocycles. The first-order valence-electron chi connectivity index (χ1n) is 6.76. The van der Waals surface area contributed by atoms with E-state index in [1.807, 2.05) is 4.90 Å². The fourth-order valence-corrected chi connectivity index (χ4v) is 3.17. The van der Waals surface area contributed by atoms with Gasteiger partial charge in [-0.2, -0.15) is 13.2 Å². The Morgan fingerprint density at radius 3 is 2.38 bits per heavy atom. The van der Waals surface area contributed by atoms with Gasteiger partial charge in [-0.05, 0) is 31.0 Å². The van der Waals surface area contributed by atoms with Crippen molar-refractivity contribution in [2.45, 2.75) is 31.2 Å². The van der Waals surface area contributed by atoms with Gasteiger partial charge in [0.25, 0.3) is 0 Å². The molecule has 2 bridgehead atoms. The molecule has 0 aliphatic carbocycles. The summed E-state index contributed by atoms with van der Waals surface area (Å²) in [5.41, 5.74) is 5.28. The first-order chi connectivity index (χ1) is 9.84. The van der Waals surface area contributed by atoms with E-state index in [-0.39, 0.29) is 22.8 Å². The zero-order chi connectivity index (χ0) is 15.2. The molecule has 7 heteroatoms. The smallest absolute Gasteiger partial charge is 0.389 e. The second-order valence-corrected chi connectivity index (χ2v) is 5.89. The lowest BCUT2D eigenvalue weighted by atomic mass is 10.0. The number of rotatable bonds is 2. The van der Waals surface area contributed by atoms with Crippen LogP contribution in [0.5, 0.6) is 0 Å². The minimum Gasteiger partial charge on any atom is -0.389 e. The number of ether oxygens (including phenoxy) is 1. The Morgan fingerprint density at radius 1 is 1.24 bits per heavy atom. The molecule has 1 aromatic rings. The van der Waals surface area contributed by atoms with Crippen LogP contribution >= 0.6 is 12.2 Å². The van der Waals surface area contributed by atoms with Crippen molar-refractivity contribution in [3.05, 3.63) is 29.3 Å². The van der Waals surface area contributed by atoms with Crippen LogP contribution in [-0.2, 0) is 10.9 Å². The Hall–Kier alpha value is -1.34. The number of hydrogen-bond acceptors (Lipinski definition) is 3. The van der Waals surface area contributed by atoms with Crippen LogP contribution in [0.15, 0.2) is 18.2 Å². The molecule has 2 heterocycles. The molecule has 2 fully saturated rings. The van der Waals surface area contributed by atoms with E-state index >= 15 is 0 Å². The largest absolute Gasteiger partial charge is 0.417 e. The maximum atomic E-state index is 13.0. The molecular weight excluding hydrogens is 301 g/mol. The third kappa shape index (κ3) is 2.85. The van der Waals surface area contributed by atoms with Gasteiger partial charge in [-0.25, -0.2) is 0 Å². The summed E-state index contributed by atoms with van der Waals surface area (Å²) in [6.45, 7) is 1.39. The average Bonchev–Trinajstić information content (AvgIpc) is 2.75. The van der Waals surface area contributed by atoms with Gasteiger partial charge in [0, 0.05) is 24.3 Å². The highest BCUT2D eigenvalue weighted by Crippen LogP contribution is 2.35. The van der Waals surface area contributed by atoms with Crippen LogP contribution in [0.1, 0.15) is 24.0 Å². The summed E-state index contributed by atoms with van der Waals surface area (Å²) in [4.78, 5) is 1.81. The highest BCUT2D eigenvalue weighted by Gasteiger charge is 2.36. The molecule has 3 nitrogen and oxygen atoms in total. The van der Waals surface area contributed by atoms with E-state index in [0.29, 0.717) is 18.8 Å². The van der Waals surface area contributed by atoms with Crippen LogP contribution in [0.4, 0.5) is 18.9 Å². The van der Waals surface area contributed by atoms with Crippen molar-refractivity contribution in [1.82, 2.24) is 0 Å². The number of alkyl halides is 3. The minimum atomic E-state index is -4.46. The molecular formula is C14H15F3N2OS. The number of nitrogens with zero attached hydrogens (tertiary/aromatic N) is 1. The Morgan fingerprint density at radius 2 is 1.86 bits per heavy atom. The number of thiocarbonyl (C=S) groups is 1. The van der Waals surface area contributed by atoms with Crippen molar-refractivity contribution in [2.24, 2.45) is 5.73 Å². The number of benzene rings is 1. The molecule has 0 radical (unpaired) electrons. The van der Waals surface area contributed by atoms with Gasteiger partial charge in [0.15, 0.2) is 0 Å². The van der Waals surface area contributed by atoms with Crippen molar-refractivity contribution >= 4 is 22.9 Å². The Balaban J connectivity index is 1.94. The van der Waals surface area contributed by atoms with Crippen LogP contribution in [0.25, 0.3) is 0 Å². The van der Waals surface area contributed by atoms with E-state index in [2.05, 4.69) is 0 Å². The second kappa shape index (κ2) is 5.14. The van der Waals surface area contributed by atoms with Gasteiger partial charge >= 0.3 is 6.18 Å². The van der Waals surface area contributed by atoms with E-state index in [0.717, 1.165) is 18.9 Å². The van der Waals surface area contributed by atoms with Crippen LogP contribution in [0.3, 0.4) is 0 Å². The molecule has 2 N–H and O–H groups in total. The highest BCUT2D eigenvalue weighted by molar-refractivity contribution is 7.80. The van der Waals surface area contributed by atoms with Crippen molar-refractivity contribution in [3.63, 3.8) is 0 Å². The molecule has 1 aromatic carbocycles. The topological polar surface area (TPSA) is 38.5 Å². The van der Waals surface area contributed by atoms with Crippen LogP contribution in [0.2, 0.25) is 0 Å². The summed E-state index contributed by atoms with van der Waals surface area (Å²) in [6, 6.07) is 3.98. The third-order valence-corrected chi connectivity index (χ3v) is 4.20. The maximum absolute atomic E-state index is 13.0. The zero-order valence-electron chi connectivity index (χ0n) is 11.2. The highest BCUT2D eigenvalue weighted by atomic mass is 32.1. The van der Waals surface area contributed by atoms with Crippen molar-refractivity contribution in [2.75, 3.05) is 18.0 Å². The minimum absolute atomic E-state index is 0.117. The summed E-state index contributed by atoms with van der Waals surface area (Å²) >= 11 is 4.77. The fourth-order valence-electron chi connectivity index (χ4n) is 3.01. The SMILES string of the molecule is NC(=S)c1cc(N2CC3CCC(C2)O3)ccc1C(F)(F)F. The number of hydrogen-bond donors (Lipinski definition) is 1. The quantitative estimate of drug-likeness (QED) is 0.852. The zero-order valence-corrected chi connectivity index (χ0v) is 12.0. The van der Waals surface area contributed by atoms with Gasteiger partial charge in [-0.3, -0.25) is 0 Å². The number of nitrogens with two attached hydrogens (primary N) is 1. The number of morpholine rings is 1. The van der Waals surface area contributed by atoms with E-state index in [9.17, 15) is 13.2 Å². The molecule has 0 aromatic heterocycles. The molecule has 2 atom stereocenters. The molecule has 0 saturated carbocycles. The van der Waals surface area contributed by atoms with Gasteiger partial charge in [0.1, 0.15) is 4.99 Å². The molecule has 0 amide bonds. The van der Waals surface area contributed by atoms with E-state index in [1.54, 1.807) is 0 Å². The molecule has 3 rings (SSSR count). The lowest BCUT2D eigenvalue weighted by molar-refractivity contribution is -0.137. The van der Waals surface area contributed by atoms with Crippen molar-refractivity contribution in [3.8, 4) is 0 Å². The summed E-state index contributed by atoms with van der Waals surface area (Å²) in [7, 11) is 0. The normalized spacial score (nSPS) is 25.2. The van der Waals surface area contributed by atoms with Crippen molar-refractivity contribution in [1.29, 1.82) is 0 Å². The monoisotopic (exact) mass is 316 g/mol. The number of halogens is 3. The van der Waals surface area contributed by atoms with Crippen LogP contribution in [-0.4, -0.2) is 30.3 Å². The summed E-state index contributed by atoms with van der Waals surface area (Å²) in [5.74, 6) is 0. The van der Waals surface area contributed by atoms with E-state index in [4.69, 9.17) is 22.7 Å². The predicted octanol–water partition coefficient (Wildman–Crippen LogP) is 2.71. The van der Waals surface area contributed by atoms with Gasteiger partial charge in [0.05, 0.1) is 17.8 Å².